The molecular weight excluding hydrogens is 235 g/mol. The van der Waals surface area contributed by atoms with Crippen LogP contribution in [-0.2, 0) is 0 Å². The predicted molar refractivity (Wildman–Crippen MR) is 53.2 cm³/mol. The number of benzene rings is 1. The maximum Gasteiger partial charge on any atom is 0.188 e. The lowest BCUT2D eigenvalue weighted by molar-refractivity contribution is 0.103. The molecule has 3 heteroatoms. The molecular formula is C10H8BrFO. The van der Waals surface area contributed by atoms with Crippen LogP contribution in [0.25, 0.3) is 0 Å². The first-order valence-electron chi connectivity index (χ1n) is 3.67. The van der Waals surface area contributed by atoms with Gasteiger partial charge in [-0.05, 0) is 46.6 Å². The third-order valence-electron chi connectivity index (χ3n) is 1.57. The molecule has 0 spiro atoms. The fourth-order valence-electron chi connectivity index (χ4n) is 0.884. The van der Waals surface area contributed by atoms with Gasteiger partial charge in [0.25, 0.3) is 0 Å². The van der Waals surface area contributed by atoms with Gasteiger partial charge in [-0.2, -0.15) is 0 Å². The van der Waals surface area contributed by atoms with E-state index in [4.69, 9.17) is 0 Å². The standard InChI is InChI=1S/C10H8BrFO/c1-6(2)10(13)7-3-4-8(11)9(12)5-7/h3-5H,1H2,2H3. The van der Waals surface area contributed by atoms with Gasteiger partial charge < -0.3 is 0 Å². The smallest absolute Gasteiger partial charge is 0.188 e. The molecule has 0 heterocycles. The molecule has 68 valence electrons. The minimum atomic E-state index is -0.438. The molecule has 0 unspecified atom stereocenters. The Labute approximate surface area is 84.4 Å². The first-order valence-corrected chi connectivity index (χ1v) is 4.47. The molecule has 1 nitrogen and oxygen atoms in total. The molecule has 0 aliphatic heterocycles. The van der Waals surface area contributed by atoms with Crippen molar-refractivity contribution < 1.29 is 9.18 Å². The van der Waals surface area contributed by atoms with Gasteiger partial charge in [0.05, 0.1) is 4.47 Å². The molecule has 1 aromatic rings. The van der Waals surface area contributed by atoms with Crippen molar-refractivity contribution in [2.75, 3.05) is 0 Å². The number of hydrogen-bond acceptors (Lipinski definition) is 1. The molecule has 0 aliphatic carbocycles. The van der Waals surface area contributed by atoms with Gasteiger partial charge in [0.15, 0.2) is 5.78 Å². The summed E-state index contributed by atoms with van der Waals surface area (Å²) in [6.45, 7) is 5.10. The molecule has 1 aromatic carbocycles. The van der Waals surface area contributed by atoms with E-state index in [1.54, 1.807) is 13.0 Å². The van der Waals surface area contributed by atoms with Crippen LogP contribution in [0.3, 0.4) is 0 Å². The first kappa shape index (κ1) is 10.1. The largest absolute Gasteiger partial charge is 0.289 e. The Morgan fingerprint density at radius 3 is 2.62 bits per heavy atom. The number of Topliss-reactive ketones (excluding diaryl/α,β-unsaturated/α-hetero) is 1. The second-order valence-electron chi connectivity index (χ2n) is 2.74. The SMILES string of the molecule is C=C(C)C(=O)c1ccc(Br)c(F)c1. The van der Waals surface area contributed by atoms with Crippen LogP contribution < -0.4 is 0 Å². The van der Waals surface area contributed by atoms with Crippen molar-refractivity contribution in [2.45, 2.75) is 6.92 Å². The fourth-order valence-corrected chi connectivity index (χ4v) is 1.13. The maximum atomic E-state index is 13.0. The first-order chi connectivity index (χ1) is 6.02. The lowest BCUT2D eigenvalue weighted by Crippen LogP contribution is -1.99. The van der Waals surface area contributed by atoms with Crippen LogP contribution in [0.2, 0.25) is 0 Å². The highest BCUT2D eigenvalue weighted by Crippen LogP contribution is 2.17. The van der Waals surface area contributed by atoms with Gasteiger partial charge in [-0.1, -0.05) is 6.58 Å². The third kappa shape index (κ3) is 2.25. The topological polar surface area (TPSA) is 17.1 Å². The summed E-state index contributed by atoms with van der Waals surface area (Å²) in [5.41, 5.74) is 0.731. The zero-order chi connectivity index (χ0) is 10.0. The van der Waals surface area contributed by atoms with Crippen LogP contribution in [0.5, 0.6) is 0 Å². The van der Waals surface area contributed by atoms with Gasteiger partial charge in [0, 0.05) is 5.56 Å². The average molecular weight is 243 g/mol. The van der Waals surface area contributed by atoms with Crippen LogP contribution in [0.4, 0.5) is 4.39 Å². The normalized spacial score (nSPS) is 9.77. The average Bonchev–Trinajstić information content (AvgIpc) is 2.08. The second-order valence-corrected chi connectivity index (χ2v) is 3.59. The Morgan fingerprint density at radius 1 is 1.54 bits per heavy atom. The molecule has 0 fully saturated rings. The van der Waals surface area contributed by atoms with E-state index in [0.717, 1.165) is 0 Å². The number of carbonyl (C=O) groups is 1. The fraction of sp³-hybridized carbons (Fsp3) is 0.100. The van der Waals surface area contributed by atoms with Crippen molar-refractivity contribution in [3.63, 3.8) is 0 Å². The maximum absolute atomic E-state index is 13.0. The molecule has 0 N–H and O–H groups in total. The number of hydrogen-bond donors (Lipinski definition) is 0. The quantitative estimate of drug-likeness (QED) is 0.575. The molecule has 0 bridgehead atoms. The highest BCUT2D eigenvalue weighted by atomic mass is 79.9. The monoisotopic (exact) mass is 242 g/mol. The van der Waals surface area contributed by atoms with Gasteiger partial charge in [0.1, 0.15) is 5.82 Å². The van der Waals surface area contributed by atoms with Crippen molar-refractivity contribution in [1.29, 1.82) is 0 Å². The number of allylic oxidation sites excluding steroid dienone is 1. The minimum absolute atomic E-state index is 0.230. The summed E-state index contributed by atoms with van der Waals surface area (Å²) < 4.78 is 13.3. The van der Waals surface area contributed by atoms with Gasteiger partial charge in [0.2, 0.25) is 0 Å². The van der Waals surface area contributed by atoms with Gasteiger partial charge >= 0.3 is 0 Å². The molecule has 0 radical (unpaired) electrons. The zero-order valence-electron chi connectivity index (χ0n) is 7.10. The van der Waals surface area contributed by atoms with E-state index in [-0.39, 0.29) is 5.78 Å². The second kappa shape index (κ2) is 3.83. The highest BCUT2D eigenvalue weighted by molar-refractivity contribution is 9.10. The van der Waals surface area contributed by atoms with E-state index >= 15 is 0 Å². The molecule has 0 atom stereocenters. The molecule has 13 heavy (non-hydrogen) atoms. The van der Waals surface area contributed by atoms with E-state index in [1.807, 2.05) is 0 Å². The van der Waals surface area contributed by atoms with E-state index in [2.05, 4.69) is 22.5 Å². The number of carbonyl (C=O) groups excluding carboxylic acids is 1. The van der Waals surface area contributed by atoms with Gasteiger partial charge in [-0.25, -0.2) is 4.39 Å². The Kier molecular flexibility index (Phi) is 2.98. The van der Waals surface area contributed by atoms with Crippen molar-refractivity contribution in [3.8, 4) is 0 Å². The lowest BCUT2D eigenvalue weighted by atomic mass is 10.1. The predicted octanol–water partition coefficient (Wildman–Crippen LogP) is 3.35. The Morgan fingerprint density at radius 2 is 2.15 bits per heavy atom. The van der Waals surface area contributed by atoms with E-state index < -0.39 is 5.82 Å². The number of ketones is 1. The van der Waals surface area contributed by atoms with Gasteiger partial charge in [-0.3, -0.25) is 4.79 Å². The molecule has 0 saturated heterocycles. The van der Waals surface area contributed by atoms with Gasteiger partial charge in [-0.15, -0.1) is 0 Å². The van der Waals surface area contributed by atoms with Crippen LogP contribution in [0.15, 0.2) is 34.8 Å². The van der Waals surface area contributed by atoms with E-state index in [9.17, 15) is 9.18 Å². The van der Waals surface area contributed by atoms with Crippen molar-refractivity contribution in [3.05, 3.63) is 46.2 Å². The van der Waals surface area contributed by atoms with Crippen molar-refractivity contribution in [2.24, 2.45) is 0 Å². The Balaban J connectivity index is 3.11. The van der Waals surface area contributed by atoms with Crippen molar-refractivity contribution in [1.82, 2.24) is 0 Å². The molecule has 0 aliphatic rings. The van der Waals surface area contributed by atoms with Crippen LogP contribution >= 0.6 is 15.9 Å². The Bertz CT molecular complexity index is 371. The number of halogens is 2. The lowest BCUT2D eigenvalue weighted by Gasteiger charge is -2.00. The van der Waals surface area contributed by atoms with E-state index in [0.29, 0.717) is 15.6 Å². The summed E-state index contributed by atoms with van der Waals surface area (Å²) in [6.07, 6.45) is 0. The minimum Gasteiger partial charge on any atom is -0.289 e. The molecule has 1 rings (SSSR count). The van der Waals surface area contributed by atoms with Crippen LogP contribution in [-0.4, -0.2) is 5.78 Å². The summed E-state index contributed by atoms with van der Waals surface area (Å²) in [5, 5.41) is 0. The van der Waals surface area contributed by atoms with E-state index in [1.165, 1.54) is 12.1 Å². The summed E-state index contributed by atoms with van der Waals surface area (Å²) in [5.74, 6) is -0.668. The molecule has 0 amide bonds. The van der Waals surface area contributed by atoms with Crippen LogP contribution in [0.1, 0.15) is 17.3 Å². The zero-order valence-corrected chi connectivity index (χ0v) is 8.69. The van der Waals surface area contributed by atoms with Crippen LogP contribution in [0, 0.1) is 5.82 Å². The third-order valence-corrected chi connectivity index (χ3v) is 2.21. The molecule has 0 aromatic heterocycles. The number of rotatable bonds is 2. The summed E-state index contributed by atoms with van der Waals surface area (Å²) in [7, 11) is 0. The summed E-state index contributed by atoms with van der Waals surface area (Å²) in [6, 6.07) is 4.26. The summed E-state index contributed by atoms with van der Waals surface area (Å²) >= 11 is 3.01. The molecule has 0 saturated carbocycles. The Hall–Kier alpha value is -0.960. The summed E-state index contributed by atoms with van der Waals surface area (Å²) in [4.78, 5) is 11.3. The van der Waals surface area contributed by atoms with Crippen molar-refractivity contribution >= 4 is 21.7 Å². The highest BCUT2D eigenvalue weighted by Gasteiger charge is 2.08.